The quantitative estimate of drug-likeness (QED) is 0.696. The van der Waals surface area contributed by atoms with Gasteiger partial charge in [-0.3, -0.25) is 29.2 Å². The molecule has 0 aliphatic heterocycles. The molecule has 6 nitrogen and oxygen atoms in total. The van der Waals surface area contributed by atoms with Gasteiger partial charge in [-0.05, 0) is 47.3 Å². The molecule has 0 spiro atoms. The van der Waals surface area contributed by atoms with E-state index in [9.17, 15) is 19.2 Å². The van der Waals surface area contributed by atoms with E-state index in [1.165, 1.54) is 12.4 Å². The zero-order valence-corrected chi connectivity index (χ0v) is 15.1. The molecule has 0 amide bonds. The number of aliphatic imine (C=N–C) groups is 2. The number of hydrogen-bond acceptors (Lipinski definition) is 6. The summed E-state index contributed by atoms with van der Waals surface area (Å²) in [5.41, 5.74) is 4.31. The van der Waals surface area contributed by atoms with Gasteiger partial charge in [0.2, 0.25) is 0 Å². The molecule has 6 heteroatoms. The second kappa shape index (κ2) is 6.56. The van der Waals surface area contributed by atoms with Crippen LogP contribution in [0, 0.1) is 0 Å². The van der Waals surface area contributed by atoms with Crippen LogP contribution in [0.1, 0.15) is 25.7 Å². The van der Waals surface area contributed by atoms with Crippen LogP contribution >= 0.6 is 0 Å². The first-order valence-electron chi connectivity index (χ1n) is 8.83. The van der Waals surface area contributed by atoms with Crippen molar-refractivity contribution in [3.63, 3.8) is 0 Å². The van der Waals surface area contributed by atoms with Gasteiger partial charge in [0.05, 0.1) is 12.8 Å². The first kappa shape index (κ1) is 17.9. The van der Waals surface area contributed by atoms with Crippen LogP contribution in [-0.4, -0.2) is 34.6 Å². The molecule has 0 N–H and O–H groups in total. The average Bonchev–Trinajstić information content (AvgIpc) is 3.07. The SMILES string of the molecule is C=CN=C1C=C2CC3=C4C(=O)CC(=O)C(=NC=C)C=C4CC3=C2C(=O)CC1=O. The molecule has 0 atom stereocenters. The van der Waals surface area contributed by atoms with Crippen LogP contribution in [0.2, 0.25) is 0 Å². The Hall–Kier alpha value is -3.54. The van der Waals surface area contributed by atoms with E-state index >= 15 is 0 Å². The lowest BCUT2D eigenvalue weighted by Gasteiger charge is -2.05. The molecule has 0 heterocycles. The fourth-order valence-electron chi connectivity index (χ4n) is 4.13. The molecule has 0 unspecified atom stereocenters. The zero-order valence-electron chi connectivity index (χ0n) is 15.1. The summed E-state index contributed by atoms with van der Waals surface area (Å²) in [4.78, 5) is 57.9. The maximum atomic E-state index is 12.8. The monoisotopic (exact) mass is 372 g/mol. The summed E-state index contributed by atoms with van der Waals surface area (Å²) in [7, 11) is 0. The minimum atomic E-state index is -0.345. The molecule has 4 aliphatic carbocycles. The number of Topliss-reactive ketones (excluding diaryl/α,β-unsaturated/α-hetero) is 4. The third kappa shape index (κ3) is 2.65. The van der Waals surface area contributed by atoms with E-state index in [4.69, 9.17) is 0 Å². The second-order valence-electron chi connectivity index (χ2n) is 6.84. The highest BCUT2D eigenvalue weighted by Crippen LogP contribution is 2.50. The Kier molecular flexibility index (Phi) is 4.19. The van der Waals surface area contributed by atoms with Gasteiger partial charge in [0, 0.05) is 23.5 Å². The van der Waals surface area contributed by atoms with Gasteiger partial charge in [-0.1, -0.05) is 13.2 Å². The predicted molar refractivity (Wildman–Crippen MR) is 104 cm³/mol. The van der Waals surface area contributed by atoms with Crippen molar-refractivity contribution in [3.05, 3.63) is 71.1 Å². The van der Waals surface area contributed by atoms with Crippen molar-refractivity contribution >= 4 is 34.6 Å². The Morgan fingerprint density at radius 1 is 0.643 bits per heavy atom. The number of hydrogen-bond donors (Lipinski definition) is 0. The zero-order chi connectivity index (χ0) is 20.0. The first-order chi connectivity index (χ1) is 13.4. The van der Waals surface area contributed by atoms with Gasteiger partial charge in [-0.2, -0.15) is 0 Å². The molecule has 0 fully saturated rings. The second-order valence-corrected chi connectivity index (χ2v) is 6.84. The van der Waals surface area contributed by atoms with E-state index < -0.39 is 0 Å². The molecule has 0 aromatic carbocycles. The summed E-state index contributed by atoms with van der Waals surface area (Å²) < 4.78 is 0. The van der Waals surface area contributed by atoms with Crippen molar-refractivity contribution in [3.8, 4) is 0 Å². The van der Waals surface area contributed by atoms with Crippen molar-refractivity contribution in [1.29, 1.82) is 0 Å². The van der Waals surface area contributed by atoms with E-state index in [1.807, 2.05) is 0 Å². The third-order valence-corrected chi connectivity index (χ3v) is 5.20. The highest BCUT2D eigenvalue weighted by atomic mass is 16.2. The van der Waals surface area contributed by atoms with E-state index in [0.29, 0.717) is 35.1 Å². The fourth-order valence-corrected chi connectivity index (χ4v) is 4.13. The Bertz CT molecular complexity index is 1020. The smallest absolute Gasteiger partial charge is 0.188 e. The number of carbonyl (C=O) groups excluding carboxylic acids is 4. The van der Waals surface area contributed by atoms with E-state index in [2.05, 4.69) is 23.1 Å². The molecule has 0 aromatic heterocycles. The van der Waals surface area contributed by atoms with Crippen LogP contribution in [0.25, 0.3) is 0 Å². The Balaban J connectivity index is 1.90. The van der Waals surface area contributed by atoms with Crippen LogP contribution < -0.4 is 0 Å². The minimum Gasteiger partial charge on any atom is -0.294 e. The maximum Gasteiger partial charge on any atom is 0.188 e. The van der Waals surface area contributed by atoms with E-state index in [0.717, 1.165) is 11.1 Å². The summed E-state index contributed by atoms with van der Waals surface area (Å²) >= 11 is 0. The Labute approximate surface area is 161 Å². The van der Waals surface area contributed by atoms with Gasteiger partial charge < -0.3 is 0 Å². The Morgan fingerprint density at radius 2 is 1.04 bits per heavy atom. The highest BCUT2D eigenvalue weighted by Gasteiger charge is 2.41. The minimum absolute atomic E-state index is 0.193. The van der Waals surface area contributed by atoms with Gasteiger partial charge in [0.25, 0.3) is 0 Å². The van der Waals surface area contributed by atoms with E-state index in [1.54, 1.807) is 12.2 Å². The molecule has 0 radical (unpaired) electrons. The normalized spacial score (nSPS) is 24.7. The standard InChI is InChI=1S/C22H16N2O4/c1-3-23-15-7-11-5-13-14(21(11)19(27)9-17(15)25)6-12-8-16(24-4-2)18(26)10-20(28)22(12)13/h3-4,7-8H,1-2,5-6,9-10H2. The summed E-state index contributed by atoms with van der Waals surface area (Å²) in [6.45, 7) is 7.02. The summed E-state index contributed by atoms with van der Waals surface area (Å²) in [5, 5.41) is 0. The van der Waals surface area contributed by atoms with Crippen molar-refractivity contribution in [2.45, 2.75) is 25.7 Å². The number of allylic oxidation sites excluding steroid dienone is 8. The topological polar surface area (TPSA) is 93.0 Å². The van der Waals surface area contributed by atoms with E-state index in [-0.39, 0.29) is 47.4 Å². The van der Waals surface area contributed by atoms with Crippen LogP contribution in [0.3, 0.4) is 0 Å². The summed E-state index contributed by atoms with van der Waals surface area (Å²) in [6.07, 6.45) is 5.97. The number of rotatable bonds is 2. The van der Waals surface area contributed by atoms with Crippen molar-refractivity contribution < 1.29 is 19.2 Å². The predicted octanol–water partition coefficient (Wildman–Crippen LogP) is 2.49. The molecule has 0 bridgehead atoms. The molecular weight excluding hydrogens is 356 g/mol. The lowest BCUT2D eigenvalue weighted by Crippen LogP contribution is -2.14. The first-order valence-corrected chi connectivity index (χ1v) is 8.83. The van der Waals surface area contributed by atoms with Crippen LogP contribution in [0.5, 0.6) is 0 Å². The Morgan fingerprint density at radius 3 is 1.39 bits per heavy atom. The van der Waals surface area contributed by atoms with Crippen molar-refractivity contribution in [2.24, 2.45) is 9.98 Å². The number of carbonyl (C=O) groups is 4. The molecular formula is C22H16N2O4. The van der Waals surface area contributed by atoms with Gasteiger partial charge in [0.1, 0.15) is 11.4 Å². The highest BCUT2D eigenvalue weighted by molar-refractivity contribution is 6.50. The van der Waals surface area contributed by atoms with Gasteiger partial charge in [-0.25, -0.2) is 0 Å². The molecule has 0 saturated carbocycles. The summed E-state index contributed by atoms with van der Waals surface area (Å²) in [6, 6.07) is 0. The molecule has 4 aliphatic rings. The molecule has 4 rings (SSSR count). The fraction of sp³-hybridized carbons (Fsp3) is 0.182. The third-order valence-electron chi connectivity index (χ3n) is 5.20. The lowest BCUT2D eigenvalue weighted by atomic mass is 9.97. The molecule has 0 aromatic rings. The molecule has 138 valence electrons. The molecule has 28 heavy (non-hydrogen) atoms. The average molecular weight is 372 g/mol. The lowest BCUT2D eigenvalue weighted by molar-refractivity contribution is -0.123. The van der Waals surface area contributed by atoms with Gasteiger partial charge in [0.15, 0.2) is 23.1 Å². The largest absolute Gasteiger partial charge is 0.294 e. The summed E-state index contributed by atoms with van der Waals surface area (Å²) in [5.74, 6) is -1.22. The number of nitrogens with zero attached hydrogens (tertiary/aromatic N) is 2. The van der Waals surface area contributed by atoms with Crippen LogP contribution in [-0.2, 0) is 19.2 Å². The van der Waals surface area contributed by atoms with Crippen molar-refractivity contribution in [2.75, 3.05) is 0 Å². The van der Waals surface area contributed by atoms with Gasteiger partial charge >= 0.3 is 0 Å². The number of fused-ring (bicyclic) bond motifs is 3. The number of ketones is 4. The maximum absolute atomic E-state index is 12.8. The van der Waals surface area contributed by atoms with Gasteiger partial charge in [-0.15, -0.1) is 0 Å². The van der Waals surface area contributed by atoms with Crippen LogP contribution in [0.4, 0.5) is 0 Å². The van der Waals surface area contributed by atoms with Crippen molar-refractivity contribution in [1.82, 2.24) is 0 Å². The molecule has 0 saturated heterocycles. The van der Waals surface area contributed by atoms with Crippen LogP contribution in [0.15, 0.2) is 81.1 Å².